The van der Waals surface area contributed by atoms with Gasteiger partial charge in [0.1, 0.15) is 40.7 Å². The molecule has 0 N–H and O–H groups in total. The van der Waals surface area contributed by atoms with E-state index >= 15 is 0 Å². The molecular formula is C21H15BF6O. The van der Waals surface area contributed by atoms with Gasteiger partial charge in [0, 0.05) is 28.5 Å². The average Bonchev–Trinajstić information content (AvgIpc) is 2.66. The Morgan fingerprint density at radius 3 is 1.59 bits per heavy atom. The van der Waals surface area contributed by atoms with Crippen LogP contribution in [0.3, 0.4) is 0 Å². The molecule has 0 fully saturated rings. The molecule has 0 atom stereocenters. The molecular weight excluding hydrogens is 393 g/mol. The molecule has 0 aliphatic rings. The molecule has 0 aliphatic heterocycles. The third kappa shape index (κ3) is 3.59. The molecule has 0 aliphatic carbocycles. The lowest BCUT2D eigenvalue weighted by Crippen LogP contribution is -2.58. The van der Waals surface area contributed by atoms with E-state index in [0.717, 1.165) is 37.4 Å². The number of benzene rings is 3. The molecule has 8 heteroatoms. The molecule has 0 spiro atoms. The van der Waals surface area contributed by atoms with Crippen LogP contribution in [0.5, 0.6) is 5.75 Å². The minimum Gasteiger partial charge on any atom is -0.497 e. The second-order valence-corrected chi connectivity index (χ2v) is 6.62. The van der Waals surface area contributed by atoms with Crippen LogP contribution < -0.4 is 21.1 Å². The Balaban J connectivity index is 2.51. The first-order valence-electron chi connectivity index (χ1n) is 8.59. The van der Waals surface area contributed by atoms with Crippen molar-refractivity contribution < 1.29 is 31.1 Å². The van der Waals surface area contributed by atoms with Crippen molar-refractivity contribution in [2.24, 2.45) is 0 Å². The monoisotopic (exact) mass is 408 g/mol. The maximum Gasteiger partial charge on any atom is 0.265 e. The molecule has 3 aromatic carbocycles. The summed E-state index contributed by atoms with van der Waals surface area (Å²) in [5.74, 6) is -7.17. The maximum absolute atomic E-state index is 15.0. The normalized spacial score (nSPS) is 10.9. The van der Waals surface area contributed by atoms with Gasteiger partial charge in [0.05, 0.1) is 7.11 Å². The Morgan fingerprint density at radius 2 is 1.14 bits per heavy atom. The molecule has 0 amide bonds. The first-order valence-corrected chi connectivity index (χ1v) is 8.59. The number of ether oxygens (including phenoxy) is 1. The lowest BCUT2D eigenvalue weighted by atomic mass is 9.35. The fourth-order valence-electron chi connectivity index (χ4n) is 3.33. The molecule has 0 bridgehead atoms. The number of aryl methyl sites for hydroxylation is 2. The van der Waals surface area contributed by atoms with Crippen molar-refractivity contribution in [3.05, 3.63) is 82.4 Å². The second-order valence-electron chi connectivity index (χ2n) is 6.62. The SMILES string of the molecule is COc1cc(F)cc(F)c1B(c1c(F)ccc(C)c1F)c1c(F)ccc(C)c1F. The molecule has 0 unspecified atom stereocenters. The summed E-state index contributed by atoms with van der Waals surface area (Å²) in [6.07, 6.45) is 0. The van der Waals surface area contributed by atoms with Crippen molar-refractivity contribution in [2.75, 3.05) is 7.11 Å². The van der Waals surface area contributed by atoms with Crippen molar-refractivity contribution in [3.63, 3.8) is 0 Å². The summed E-state index contributed by atoms with van der Waals surface area (Å²) >= 11 is 0. The lowest BCUT2D eigenvalue weighted by Gasteiger charge is -2.22. The van der Waals surface area contributed by atoms with Crippen LogP contribution in [0.25, 0.3) is 0 Å². The summed E-state index contributed by atoms with van der Waals surface area (Å²) in [4.78, 5) is 0. The van der Waals surface area contributed by atoms with E-state index in [2.05, 4.69) is 0 Å². The highest BCUT2D eigenvalue weighted by Crippen LogP contribution is 2.19. The van der Waals surface area contributed by atoms with Gasteiger partial charge in [-0.15, -0.1) is 0 Å². The Bertz CT molecular complexity index is 1040. The molecule has 0 radical (unpaired) electrons. The molecule has 1 nitrogen and oxygen atoms in total. The van der Waals surface area contributed by atoms with Crippen LogP contribution in [0.2, 0.25) is 0 Å². The van der Waals surface area contributed by atoms with Crippen LogP contribution in [-0.4, -0.2) is 13.8 Å². The first-order chi connectivity index (χ1) is 13.7. The van der Waals surface area contributed by atoms with Crippen LogP contribution in [-0.2, 0) is 0 Å². The third-order valence-corrected chi connectivity index (χ3v) is 4.78. The number of hydrogen-bond acceptors (Lipinski definition) is 1. The standard InChI is InChI=1S/C21H15BF6O/c1-10-4-6-13(24)18(20(10)27)22(19-14(25)7-5-11(2)21(19)28)17-15(26)8-12(23)9-16(17)29-3/h4-9H,1-3H3. The molecule has 0 saturated heterocycles. The van der Waals surface area contributed by atoms with Gasteiger partial charge in [-0.3, -0.25) is 0 Å². The Morgan fingerprint density at radius 1 is 0.655 bits per heavy atom. The van der Waals surface area contributed by atoms with Crippen molar-refractivity contribution in [2.45, 2.75) is 13.8 Å². The molecule has 0 aromatic heterocycles. The van der Waals surface area contributed by atoms with Crippen molar-refractivity contribution in [3.8, 4) is 5.75 Å². The van der Waals surface area contributed by atoms with Gasteiger partial charge in [-0.1, -0.05) is 12.1 Å². The van der Waals surface area contributed by atoms with Crippen LogP contribution in [0.4, 0.5) is 26.3 Å². The van der Waals surface area contributed by atoms with Crippen LogP contribution >= 0.6 is 0 Å². The van der Waals surface area contributed by atoms with Gasteiger partial charge < -0.3 is 4.74 Å². The topological polar surface area (TPSA) is 9.23 Å². The van der Waals surface area contributed by atoms with Crippen molar-refractivity contribution >= 4 is 23.1 Å². The summed E-state index contributed by atoms with van der Waals surface area (Å²) < 4.78 is 92.9. The predicted molar refractivity (Wildman–Crippen MR) is 99.8 cm³/mol. The molecule has 29 heavy (non-hydrogen) atoms. The van der Waals surface area contributed by atoms with Gasteiger partial charge in [-0.2, -0.15) is 0 Å². The zero-order valence-electron chi connectivity index (χ0n) is 15.7. The van der Waals surface area contributed by atoms with E-state index in [9.17, 15) is 26.3 Å². The highest BCUT2D eigenvalue weighted by atomic mass is 19.2. The smallest absolute Gasteiger partial charge is 0.265 e. The van der Waals surface area contributed by atoms with E-state index in [1.807, 2.05) is 0 Å². The third-order valence-electron chi connectivity index (χ3n) is 4.78. The summed E-state index contributed by atoms with van der Waals surface area (Å²) in [7, 11) is 1.08. The molecule has 3 rings (SSSR count). The lowest BCUT2D eigenvalue weighted by molar-refractivity contribution is 0.411. The maximum atomic E-state index is 15.0. The molecule has 0 heterocycles. The summed E-state index contributed by atoms with van der Waals surface area (Å²) in [5.41, 5.74) is -2.14. The molecule has 0 saturated carbocycles. The van der Waals surface area contributed by atoms with Crippen molar-refractivity contribution in [1.82, 2.24) is 0 Å². The fraction of sp³-hybridized carbons (Fsp3) is 0.143. The Kier molecular flexibility index (Phi) is 5.64. The van der Waals surface area contributed by atoms with Crippen LogP contribution in [0.15, 0.2) is 36.4 Å². The van der Waals surface area contributed by atoms with Crippen LogP contribution in [0.1, 0.15) is 11.1 Å². The van der Waals surface area contributed by atoms with E-state index in [4.69, 9.17) is 4.74 Å². The Hall–Kier alpha value is -2.90. The molecule has 3 aromatic rings. The van der Waals surface area contributed by atoms with E-state index in [1.165, 1.54) is 13.8 Å². The molecule has 150 valence electrons. The average molecular weight is 408 g/mol. The van der Waals surface area contributed by atoms with Gasteiger partial charge in [-0.05, 0) is 37.1 Å². The highest BCUT2D eigenvalue weighted by molar-refractivity contribution is 6.96. The zero-order valence-corrected chi connectivity index (χ0v) is 15.7. The minimum atomic E-state index is -1.90. The van der Waals surface area contributed by atoms with Gasteiger partial charge in [0.2, 0.25) is 0 Å². The summed E-state index contributed by atoms with van der Waals surface area (Å²) in [6.45, 7) is 0.762. The quantitative estimate of drug-likeness (QED) is 0.473. The zero-order chi connectivity index (χ0) is 21.5. The van der Waals surface area contributed by atoms with Gasteiger partial charge >= 0.3 is 0 Å². The fourth-order valence-corrected chi connectivity index (χ4v) is 3.33. The predicted octanol–water partition coefficient (Wildman–Crippen LogP) is 3.66. The number of hydrogen-bond donors (Lipinski definition) is 0. The van der Waals surface area contributed by atoms with Gasteiger partial charge in [-0.25, -0.2) is 26.3 Å². The van der Waals surface area contributed by atoms with E-state index in [1.54, 1.807) is 0 Å². The van der Waals surface area contributed by atoms with E-state index < -0.39 is 63.8 Å². The number of methoxy groups -OCH3 is 1. The van der Waals surface area contributed by atoms with E-state index in [0.29, 0.717) is 6.07 Å². The van der Waals surface area contributed by atoms with E-state index in [-0.39, 0.29) is 11.1 Å². The van der Waals surface area contributed by atoms with Gasteiger partial charge in [0.15, 0.2) is 0 Å². The summed E-state index contributed by atoms with van der Waals surface area (Å²) in [6, 6.07) is 5.37. The number of halogens is 6. The second kappa shape index (κ2) is 7.85. The van der Waals surface area contributed by atoms with Gasteiger partial charge in [0.25, 0.3) is 6.71 Å². The largest absolute Gasteiger partial charge is 0.497 e. The minimum absolute atomic E-state index is 0.0126. The van der Waals surface area contributed by atoms with Crippen molar-refractivity contribution in [1.29, 1.82) is 0 Å². The Labute approximate surface area is 164 Å². The first kappa shape index (κ1) is 20.8. The van der Waals surface area contributed by atoms with Crippen LogP contribution in [0, 0.1) is 48.8 Å². The highest BCUT2D eigenvalue weighted by Gasteiger charge is 2.38. The summed E-state index contributed by atoms with van der Waals surface area (Å²) in [5, 5.41) is 0. The number of rotatable bonds is 4.